The predicted molar refractivity (Wildman–Crippen MR) is 58.7 cm³/mol. The second-order valence-electron chi connectivity index (χ2n) is 3.85. The molecule has 0 radical (unpaired) electrons. The van der Waals surface area contributed by atoms with Crippen molar-refractivity contribution in [2.45, 2.75) is 13.1 Å². The van der Waals surface area contributed by atoms with Crippen LogP contribution in [-0.2, 0) is 6.18 Å². The lowest BCUT2D eigenvalue weighted by Crippen LogP contribution is -2.10. The van der Waals surface area contributed by atoms with E-state index in [-0.39, 0.29) is 17.5 Å². The zero-order chi connectivity index (χ0) is 13.3. The molecule has 0 amide bonds. The van der Waals surface area contributed by atoms with E-state index in [1.165, 1.54) is 10.7 Å². The third-order valence-electron chi connectivity index (χ3n) is 2.45. The number of alkyl halides is 3. The number of aromatic nitrogens is 2. The Bertz CT molecular complexity index is 587. The molecule has 0 bridgehead atoms. The highest BCUT2D eigenvalue weighted by atomic mass is 19.4. The third kappa shape index (κ3) is 2.27. The largest absolute Gasteiger partial charge is 0.417 e. The Morgan fingerprint density at radius 2 is 2.06 bits per heavy atom. The van der Waals surface area contributed by atoms with Crippen molar-refractivity contribution in [2.75, 3.05) is 0 Å². The Morgan fingerprint density at radius 3 is 2.56 bits per heavy atom. The number of carbonyl (C=O) groups is 1. The summed E-state index contributed by atoms with van der Waals surface area (Å²) >= 11 is 0. The molecule has 0 N–H and O–H groups in total. The van der Waals surface area contributed by atoms with Gasteiger partial charge in [-0.05, 0) is 30.7 Å². The van der Waals surface area contributed by atoms with Crippen molar-refractivity contribution in [3.63, 3.8) is 0 Å². The lowest BCUT2D eigenvalue weighted by Gasteiger charge is -2.11. The molecule has 0 saturated heterocycles. The van der Waals surface area contributed by atoms with Gasteiger partial charge in [-0.2, -0.15) is 18.3 Å². The van der Waals surface area contributed by atoms with Gasteiger partial charge in [0.1, 0.15) is 0 Å². The van der Waals surface area contributed by atoms with Gasteiger partial charge < -0.3 is 0 Å². The Hall–Kier alpha value is -2.11. The molecule has 0 unspecified atom stereocenters. The number of hydrogen-bond acceptors (Lipinski definition) is 2. The van der Waals surface area contributed by atoms with E-state index in [9.17, 15) is 18.0 Å². The molecule has 0 aliphatic rings. The van der Waals surface area contributed by atoms with Crippen molar-refractivity contribution in [2.24, 2.45) is 0 Å². The van der Waals surface area contributed by atoms with Gasteiger partial charge in [0, 0.05) is 11.8 Å². The van der Waals surface area contributed by atoms with E-state index in [4.69, 9.17) is 0 Å². The van der Waals surface area contributed by atoms with Crippen molar-refractivity contribution in [1.29, 1.82) is 0 Å². The Kier molecular flexibility index (Phi) is 2.94. The zero-order valence-corrected chi connectivity index (χ0v) is 9.40. The van der Waals surface area contributed by atoms with Gasteiger partial charge in [-0.15, -0.1) is 0 Å². The summed E-state index contributed by atoms with van der Waals surface area (Å²) in [5, 5.41) is 3.93. The molecule has 0 atom stereocenters. The van der Waals surface area contributed by atoms with Gasteiger partial charge in [-0.1, -0.05) is 0 Å². The molecular weight excluding hydrogens is 245 g/mol. The first kappa shape index (κ1) is 12.3. The van der Waals surface area contributed by atoms with Crippen LogP contribution in [0.2, 0.25) is 0 Å². The Balaban J connectivity index is 2.56. The van der Waals surface area contributed by atoms with E-state index in [1.807, 2.05) is 0 Å². The van der Waals surface area contributed by atoms with Crippen molar-refractivity contribution in [3.8, 4) is 5.69 Å². The topological polar surface area (TPSA) is 34.9 Å². The summed E-state index contributed by atoms with van der Waals surface area (Å²) in [5.74, 6) is 0. The molecule has 0 aliphatic carbocycles. The van der Waals surface area contributed by atoms with Crippen molar-refractivity contribution in [3.05, 3.63) is 47.3 Å². The molecule has 0 saturated carbocycles. The SMILES string of the molecule is Cc1cnn(-c2ccc(C=O)c(C(F)(F)F)c2)c1. The fourth-order valence-corrected chi connectivity index (χ4v) is 1.59. The summed E-state index contributed by atoms with van der Waals surface area (Å²) in [6.45, 7) is 1.79. The summed E-state index contributed by atoms with van der Waals surface area (Å²) in [5.41, 5.74) is -0.234. The van der Waals surface area contributed by atoms with Crippen LogP contribution < -0.4 is 0 Å². The molecule has 94 valence electrons. The maximum Gasteiger partial charge on any atom is 0.417 e. The van der Waals surface area contributed by atoms with Crippen molar-refractivity contribution < 1.29 is 18.0 Å². The Labute approximate surface area is 101 Å². The molecule has 1 aromatic carbocycles. The first-order chi connectivity index (χ1) is 8.41. The average molecular weight is 254 g/mol. The van der Waals surface area contributed by atoms with E-state index in [1.54, 1.807) is 19.3 Å². The Morgan fingerprint density at radius 1 is 1.33 bits per heavy atom. The molecule has 3 nitrogen and oxygen atoms in total. The minimum atomic E-state index is -4.56. The smallest absolute Gasteiger partial charge is 0.298 e. The summed E-state index contributed by atoms with van der Waals surface area (Å²) in [7, 11) is 0. The van der Waals surface area contributed by atoms with Crippen LogP contribution in [0.15, 0.2) is 30.6 Å². The molecule has 18 heavy (non-hydrogen) atoms. The van der Waals surface area contributed by atoms with Crippen molar-refractivity contribution >= 4 is 6.29 Å². The van der Waals surface area contributed by atoms with Crippen LogP contribution in [0.25, 0.3) is 5.69 Å². The van der Waals surface area contributed by atoms with Gasteiger partial charge in [0.2, 0.25) is 0 Å². The third-order valence-corrected chi connectivity index (χ3v) is 2.45. The highest BCUT2D eigenvalue weighted by molar-refractivity contribution is 5.78. The maximum atomic E-state index is 12.7. The predicted octanol–water partition coefficient (Wildman–Crippen LogP) is 3.01. The normalized spacial score (nSPS) is 11.6. The monoisotopic (exact) mass is 254 g/mol. The van der Waals surface area contributed by atoms with E-state index >= 15 is 0 Å². The highest BCUT2D eigenvalue weighted by Crippen LogP contribution is 2.32. The summed E-state index contributed by atoms with van der Waals surface area (Å²) in [4.78, 5) is 10.6. The average Bonchev–Trinajstić information content (AvgIpc) is 2.74. The molecule has 6 heteroatoms. The van der Waals surface area contributed by atoms with Crippen molar-refractivity contribution in [1.82, 2.24) is 9.78 Å². The molecule has 0 aliphatic heterocycles. The fraction of sp³-hybridized carbons (Fsp3) is 0.167. The molecular formula is C12H9F3N2O. The lowest BCUT2D eigenvalue weighted by atomic mass is 10.1. The summed E-state index contributed by atoms with van der Waals surface area (Å²) < 4.78 is 39.6. The standard InChI is InChI=1S/C12H9F3N2O/c1-8-5-16-17(6-8)10-3-2-9(7-18)11(4-10)12(13,14)15/h2-7H,1H3. The molecule has 0 fully saturated rings. The molecule has 1 aromatic heterocycles. The number of rotatable bonds is 2. The van der Waals surface area contributed by atoms with Crippen LogP contribution in [0, 0.1) is 6.92 Å². The first-order valence-electron chi connectivity index (χ1n) is 5.10. The number of hydrogen-bond donors (Lipinski definition) is 0. The fourth-order valence-electron chi connectivity index (χ4n) is 1.59. The van der Waals surface area contributed by atoms with Gasteiger partial charge in [0.05, 0.1) is 17.4 Å². The second-order valence-corrected chi connectivity index (χ2v) is 3.85. The lowest BCUT2D eigenvalue weighted by molar-refractivity contribution is -0.137. The quantitative estimate of drug-likeness (QED) is 0.772. The van der Waals surface area contributed by atoms with E-state index in [2.05, 4.69) is 5.10 Å². The zero-order valence-electron chi connectivity index (χ0n) is 9.40. The van der Waals surface area contributed by atoms with Crippen LogP contribution >= 0.6 is 0 Å². The van der Waals surface area contributed by atoms with Crippen LogP contribution in [0.5, 0.6) is 0 Å². The molecule has 0 spiro atoms. The van der Waals surface area contributed by atoms with E-state index in [0.717, 1.165) is 17.7 Å². The highest BCUT2D eigenvalue weighted by Gasteiger charge is 2.33. The number of aldehydes is 1. The van der Waals surface area contributed by atoms with Gasteiger partial charge in [-0.3, -0.25) is 4.79 Å². The molecule has 2 rings (SSSR count). The summed E-state index contributed by atoms with van der Waals surface area (Å²) in [6.07, 6.45) is -1.22. The number of halogens is 3. The van der Waals surface area contributed by atoms with Gasteiger partial charge >= 0.3 is 6.18 Å². The first-order valence-corrected chi connectivity index (χ1v) is 5.10. The number of carbonyl (C=O) groups excluding carboxylic acids is 1. The van der Waals surface area contributed by atoms with Crippen LogP contribution in [-0.4, -0.2) is 16.1 Å². The summed E-state index contributed by atoms with van der Waals surface area (Å²) in [6, 6.07) is 3.48. The minimum absolute atomic E-state index is 0.195. The minimum Gasteiger partial charge on any atom is -0.298 e. The van der Waals surface area contributed by atoms with E-state index < -0.39 is 11.7 Å². The van der Waals surface area contributed by atoms with Crippen LogP contribution in [0.1, 0.15) is 21.5 Å². The van der Waals surface area contributed by atoms with Gasteiger partial charge in [0.15, 0.2) is 6.29 Å². The van der Waals surface area contributed by atoms with Gasteiger partial charge in [-0.25, -0.2) is 4.68 Å². The van der Waals surface area contributed by atoms with Crippen LogP contribution in [0.3, 0.4) is 0 Å². The maximum absolute atomic E-state index is 12.7. The van der Waals surface area contributed by atoms with E-state index in [0.29, 0.717) is 0 Å². The molecule has 1 heterocycles. The van der Waals surface area contributed by atoms with Crippen LogP contribution in [0.4, 0.5) is 13.2 Å². The second kappa shape index (κ2) is 4.29. The molecule has 2 aromatic rings. The van der Waals surface area contributed by atoms with Gasteiger partial charge in [0.25, 0.3) is 0 Å². The number of aryl methyl sites for hydroxylation is 1. The number of nitrogens with zero attached hydrogens (tertiary/aromatic N) is 2. The number of benzene rings is 1.